The lowest BCUT2D eigenvalue weighted by Gasteiger charge is -2.29. The van der Waals surface area contributed by atoms with Gasteiger partial charge >= 0.3 is 0 Å². The smallest absolute Gasteiger partial charge is 0.255 e. The molecule has 9 nitrogen and oxygen atoms in total. The topological polar surface area (TPSA) is 99.5 Å². The molecule has 0 saturated carbocycles. The normalized spacial score (nSPS) is 14.2. The summed E-state index contributed by atoms with van der Waals surface area (Å²) < 4.78 is 32.9. The van der Waals surface area contributed by atoms with Crippen LogP contribution in [0.15, 0.2) is 83.2 Å². The minimum absolute atomic E-state index is 0.0343. The van der Waals surface area contributed by atoms with Crippen molar-refractivity contribution in [1.82, 2.24) is 14.8 Å². The van der Waals surface area contributed by atoms with Gasteiger partial charge in [-0.05, 0) is 49.2 Å². The average Bonchev–Trinajstić information content (AvgIpc) is 3.41. The lowest BCUT2D eigenvalue weighted by Crippen LogP contribution is -2.31. The van der Waals surface area contributed by atoms with Crippen molar-refractivity contribution >= 4 is 29.3 Å². The molecular formula is C31H32FN5O4S. The summed E-state index contributed by atoms with van der Waals surface area (Å²) in [6.45, 7) is 3.97. The van der Waals surface area contributed by atoms with Gasteiger partial charge in [-0.1, -0.05) is 55.1 Å². The number of aromatic nitrogens is 3. The Morgan fingerprint density at radius 1 is 1.05 bits per heavy atom. The average molecular weight is 590 g/mol. The highest BCUT2D eigenvalue weighted by Gasteiger charge is 2.35. The molecule has 1 aromatic heterocycles. The summed E-state index contributed by atoms with van der Waals surface area (Å²) in [5, 5.41) is 11.6. The van der Waals surface area contributed by atoms with Gasteiger partial charge in [0, 0.05) is 17.0 Å². The molecule has 218 valence electrons. The highest BCUT2D eigenvalue weighted by Crippen LogP contribution is 2.40. The summed E-state index contributed by atoms with van der Waals surface area (Å²) in [6.07, 6.45) is 0.973. The first-order valence-corrected chi connectivity index (χ1v) is 14.5. The van der Waals surface area contributed by atoms with E-state index in [0.29, 0.717) is 50.9 Å². The number of hydrogen-bond donors (Lipinski definition) is 2. The number of nitrogens with one attached hydrogen (secondary N) is 2. The third-order valence-corrected chi connectivity index (χ3v) is 7.76. The lowest BCUT2D eigenvalue weighted by atomic mass is 9.94. The Hall–Kier alpha value is -4.51. The van der Waals surface area contributed by atoms with Gasteiger partial charge in [0.25, 0.3) is 5.91 Å². The van der Waals surface area contributed by atoms with Crippen LogP contribution in [0.3, 0.4) is 0 Å². The number of carbonyl (C=O) groups is 1. The van der Waals surface area contributed by atoms with Gasteiger partial charge in [0.15, 0.2) is 11.5 Å². The number of ether oxygens (including phenoxy) is 3. The number of anilines is 2. The van der Waals surface area contributed by atoms with Gasteiger partial charge in [0.05, 0.1) is 25.5 Å². The summed E-state index contributed by atoms with van der Waals surface area (Å²) in [5.41, 5.74) is 2.79. The monoisotopic (exact) mass is 589 g/mol. The van der Waals surface area contributed by atoms with Crippen molar-refractivity contribution in [3.05, 3.63) is 94.9 Å². The zero-order valence-electron chi connectivity index (χ0n) is 23.8. The molecule has 1 unspecified atom stereocenters. The van der Waals surface area contributed by atoms with E-state index in [1.165, 1.54) is 13.2 Å². The summed E-state index contributed by atoms with van der Waals surface area (Å²) in [6, 6.07) is 18.5. The summed E-state index contributed by atoms with van der Waals surface area (Å²) >= 11 is 1.55. The number of methoxy groups -OCH3 is 2. The van der Waals surface area contributed by atoms with Crippen LogP contribution < -0.4 is 24.8 Å². The maximum Gasteiger partial charge on any atom is 0.255 e. The van der Waals surface area contributed by atoms with Gasteiger partial charge in [-0.3, -0.25) is 4.79 Å². The molecule has 0 fully saturated rings. The van der Waals surface area contributed by atoms with Gasteiger partial charge in [-0.25, -0.2) is 9.07 Å². The molecule has 0 spiro atoms. The highest BCUT2D eigenvalue weighted by atomic mass is 32.2. The summed E-state index contributed by atoms with van der Waals surface area (Å²) in [5.74, 6) is 2.15. The number of carbonyl (C=O) groups excluding carboxylic acids is 1. The van der Waals surface area contributed by atoms with Crippen molar-refractivity contribution in [3.8, 4) is 17.2 Å². The van der Waals surface area contributed by atoms with Crippen molar-refractivity contribution in [3.63, 3.8) is 0 Å². The fraction of sp³-hybridized carbons (Fsp3) is 0.258. The number of allylic oxidation sites excluding steroid dienone is 1. The molecule has 2 N–H and O–H groups in total. The first-order chi connectivity index (χ1) is 20.4. The van der Waals surface area contributed by atoms with Crippen LogP contribution in [0.1, 0.15) is 37.4 Å². The minimum atomic E-state index is -0.631. The number of halogens is 1. The Labute approximate surface area is 248 Å². The number of benzene rings is 3. The second-order valence-corrected chi connectivity index (χ2v) is 10.6. The van der Waals surface area contributed by atoms with Crippen LogP contribution in [0.25, 0.3) is 0 Å². The first-order valence-electron chi connectivity index (χ1n) is 13.5. The van der Waals surface area contributed by atoms with E-state index in [2.05, 4.69) is 22.5 Å². The Kier molecular flexibility index (Phi) is 8.97. The maximum absolute atomic E-state index is 14.2. The number of nitrogens with zero attached hydrogens (tertiary/aromatic N) is 3. The molecule has 11 heteroatoms. The Morgan fingerprint density at radius 2 is 1.81 bits per heavy atom. The van der Waals surface area contributed by atoms with Crippen LogP contribution in [0.2, 0.25) is 0 Å². The number of fused-ring (bicyclic) bond motifs is 1. The second kappa shape index (κ2) is 13.0. The summed E-state index contributed by atoms with van der Waals surface area (Å²) in [4.78, 5) is 18.6. The molecule has 42 heavy (non-hydrogen) atoms. The SMILES string of the molecule is CCCSc1nc2n(n1)C(c1ccc(OCc3ccccc3F)c(OC)c1)C(C(=O)Nc1ccccc1OC)=C(C)N2. The molecule has 1 amide bonds. The molecule has 3 aromatic carbocycles. The number of hydrogen-bond acceptors (Lipinski definition) is 8. The van der Waals surface area contributed by atoms with Crippen LogP contribution >= 0.6 is 11.8 Å². The van der Waals surface area contributed by atoms with Crippen LogP contribution in [-0.4, -0.2) is 40.6 Å². The molecule has 0 bridgehead atoms. The van der Waals surface area contributed by atoms with Crippen molar-refractivity contribution in [2.75, 3.05) is 30.6 Å². The van der Waals surface area contributed by atoms with Crippen LogP contribution in [0, 0.1) is 5.82 Å². The van der Waals surface area contributed by atoms with E-state index < -0.39 is 6.04 Å². The van der Waals surface area contributed by atoms with E-state index in [9.17, 15) is 9.18 Å². The second-order valence-electron chi connectivity index (χ2n) is 9.52. The quantitative estimate of drug-likeness (QED) is 0.193. The first kappa shape index (κ1) is 29.0. The number of amides is 1. The minimum Gasteiger partial charge on any atom is -0.495 e. The largest absolute Gasteiger partial charge is 0.495 e. The Balaban J connectivity index is 1.52. The fourth-order valence-electron chi connectivity index (χ4n) is 4.67. The predicted octanol–water partition coefficient (Wildman–Crippen LogP) is 6.44. The molecule has 0 radical (unpaired) electrons. The van der Waals surface area contributed by atoms with E-state index in [1.807, 2.05) is 25.1 Å². The molecule has 5 rings (SSSR count). The van der Waals surface area contributed by atoms with E-state index in [4.69, 9.17) is 19.3 Å². The van der Waals surface area contributed by atoms with E-state index in [1.54, 1.807) is 66.0 Å². The Bertz CT molecular complexity index is 1620. The van der Waals surface area contributed by atoms with Gasteiger partial charge in [-0.15, -0.1) is 5.10 Å². The van der Waals surface area contributed by atoms with Crippen molar-refractivity contribution in [2.24, 2.45) is 0 Å². The zero-order chi connectivity index (χ0) is 29.6. The van der Waals surface area contributed by atoms with Crippen molar-refractivity contribution in [2.45, 2.75) is 38.1 Å². The third-order valence-electron chi connectivity index (χ3n) is 6.71. The van der Waals surface area contributed by atoms with Gasteiger partial charge in [0.1, 0.15) is 24.2 Å². The third kappa shape index (κ3) is 6.06. The lowest BCUT2D eigenvalue weighted by molar-refractivity contribution is -0.113. The molecular weight excluding hydrogens is 557 g/mol. The predicted molar refractivity (Wildman–Crippen MR) is 161 cm³/mol. The summed E-state index contributed by atoms with van der Waals surface area (Å²) in [7, 11) is 3.09. The van der Waals surface area contributed by atoms with Crippen molar-refractivity contribution < 1.29 is 23.4 Å². The van der Waals surface area contributed by atoms with Crippen LogP contribution in [-0.2, 0) is 11.4 Å². The molecule has 0 aliphatic carbocycles. The number of rotatable bonds is 11. The van der Waals surface area contributed by atoms with Gasteiger partial charge in [-0.2, -0.15) is 4.98 Å². The van der Waals surface area contributed by atoms with E-state index >= 15 is 0 Å². The standard InChI is InChI=1S/C31H32FN5O4S/c1-5-16-42-31-35-30-33-19(2)27(29(38)34-23-12-8-9-13-24(23)39-3)28(37(30)36-31)20-14-15-25(26(17-20)40-4)41-18-21-10-6-7-11-22(21)32/h6-15,17,28H,5,16,18H2,1-4H3,(H,34,38)(H,33,35,36). The molecule has 1 atom stereocenters. The van der Waals surface area contributed by atoms with Gasteiger partial charge in [0.2, 0.25) is 11.1 Å². The fourth-order valence-corrected chi connectivity index (χ4v) is 5.35. The van der Waals surface area contributed by atoms with Crippen molar-refractivity contribution in [1.29, 1.82) is 0 Å². The zero-order valence-corrected chi connectivity index (χ0v) is 24.6. The molecule has 1 aliphatic rings. The highest BCUT2D eigenvalue weighted by molar-refractivity contribution is 7.99. The van der Waals surface area contributed by atoms with E-state index in [-0.39, 0.29) is 18.3 Å². The molecule has 0 saturated heterocycles. The van der Waals surface area contributed by atoms with Crippen LogP contribution in [0.4, 0.5) is 16.0 Å². The van der Waals surface area contributed by atoms with Gasteiger partial charge < -0.3 is 24.8 Å². The Morgan fingerprint density at radius 3 is 2.57 bits per heavy atom. The number of thioether (sulfide) groups is 1. The molecule has 4 aromatic rings. The number of para-hydroxylation sites is 2. The van der Waals surface area contributed by atoms with Crippen LogP contribution in [0.5, 0.6) is 17.2 Å². The van der Waals surface area contributed by atoms with E-state index in [0.717, 1.165) is 17.7 Å². The molecule has 1 aliphatic heterocycles. The maximum atomic E-state index is 14.2. The molecule has 2 heterocycles.